The topological polar surface area (TPSA) is 49.4 Å². The van der Waals surface area contributed by atoms with Crippen LogP contribution < -0.4 is 5.32 Å². The first-order chi connectivity index (χ1) is 8.69. The molecule has 0 aromatic heterocycles. The van der Waals surface area contributed by atoms with Crippen molar-refractivity contribution in [2.45, 2.75) is 4.90 Å². The van der Waals surface area contributed by atoms with E-state index < -0.39 is 0 Å². The summed E-state index contributed by atoms with van der Waals surface area (Å²) in [6.07, 6.45) is 1.99. The third-order valence-electron chi connectivity index (χ3n) is 2.51. The van der Waals surface area contributed by atoms with Crippen molar-refractivity contribution in [3.63, 3.8) is 0 Å². The number of hydrogen-bond acceptors (Lipinski definition) is 4. The Morgan fingerprint density at radius 3 is 3.06 bits per heavy atom. The van der Waals surface area contributed by atoms with E-state index in [-0.39, 0.29) is 18.4 Å². The molecule has 1 aromatic rings. The number of hydrogen-bond donors (Lipinski definition) is 1. The molecule has 2 amide bonds. The first-order valence-electron chi connectivity index (χ1n) is 5.48. The maximum atomic E-state index is 11.8. The molecule has 1 aliphatic heterocycles. The van der Waals surface area contributed by atoms with Crippen molar-refractivity contribution in [3.8, 4) is 0 Å². The van der Waals surface area contributed by atoms with Crippen molar-refractivity contribution < 1.29 is 9.59 Å². The van der Waals surface area contributed by atoms with Gasteiger partial charge in [-0.05, 0) is 24.5 Å². The highest BCUT2D eigenvalue weighted by atomic mass is 32.2. The monoisotopic (exact) mass is 282 g/mol. The quantitative estimate of drug-likeness (QED) is 0.857. The zero-order valence-corrected chi connectivity index (χ0v) is 11.6. The van der Waals surface area contributed by atoms with E-state index in [1.165, 1.54) is 11.8 Å². The predicted octanol–water partition coefficient (Wildman–Crippen LogP) is 1.88. The van der Waals surface area contributed by atoms with Crippen LogP contribution in [0.2, 0.25) is 0 Å². The Bertz CT molecular complexity index is 465. The Kier molecular flexibility index (Phi) is 4.54. The SMILES string of the molecule is CSc1cccc(NC(=O)CN2CSCC2=O)c1. The van der Waals surface area contributed by atoms with Gasteiger partial charge in [0.25, 0.3) is 0 Å². The van der Waals surface area contributed by atoms with Crippen LogP contribution in [0.3, 0.4) is 0 Å². The Hall–Kier alpha value is -1.14. The van der Waals surface area contributed by atoms with Crippen LogP contribution in [0, 0.1) is 0 Å². The molecule has 1 aromatic carbocycles. The summed E-state index contributed by atoms with van der Waals surface area (Å²) in [5, 5.41) is 2.81. The van der Waals surface area contributed by atoms with E-state index in [0.717, 1.165) is 10.6 Å². The highest BCUT2D eigenvalue weighted by Crippen LogP contribution is 2.19. The summed E-state index contributed by atoms with van der Waals surface area (Å²) in [5.41, 5.74) is 0.770. The van der Waals surface area contributed by atoms with Crippen molar-refractivity contribution in [2.24, 2.45) is 0 Å². The van der Waals surface area contributed by atoms with Gasteiger partial charge in [0.15, 0.2) is 0 Å². The first kappa shape index (κ1) is 13.3. The molecule has 0 aliphatic carbocycles. The zero-order chi connectivity index (χ0) is 13.0. The molecular formula is C12H14N2O2S2. The van der Waals surface area contributed by atoms with Gasteiger partial charge < -0.3 is 10.2 Å². The van der Waals surface area contributed by atoms with Gasteiger partial charge in [0.1, 0.15) is 6.54 Å². The summed E-state index contributed by atoms with van der Waals surface area (Å²) >= 11 is 3.16. The molecule has 0 unspecified atom stereocenters. The number of carbonyl (C=O) groups is 2. The molecule has 0 atom stereocenters. The van der Waals surface area contributed by atoms with Crippen LogP contribution in [0.25, 0.3) is 0 Å². The smallest absolute Gasteiger partial charge is 0.244 e. The number of rotatable bonds is 4. The minimum absolute atomic E-state index is 0.0352. The average molecular weight is 282 g/mol. The number of nitrogens with zero attached hydrogens (tertiary/aromatic N) is 1. The normalized spacial score (nSPS) is 14.9. The van der Waals surface area contributed by atoms with Crippen LogP contribution in [0.15, 0.2) is 29.2 Å². The van der Waals surface area contributed by atoms with Crippen molar-refractivity contribution in [1.82, 2.24) is 4.90 Å². The lowest BCUT2D eigenvalue weighted by Gasteiger charge is -2.14. The Balaban J connectivity index is 1.92. The van der Waals surface area contributed by atoms with Gasteiger partial charge in [-0.3, -0.25) is 9.59 Å². The second-order valence-electron chi connectivity index (χ2n) is 3.85. The maximum Gasteiger partial charge on any atom is 0.244 e. The van der Waals surface area contributed by atoms with E-state index in [1.807, 2.05) is 30.5 Å². The molecule has 0 radical (unpaired) electrons. The molecule has 18 heavy (non-hydrogen) atoms. The summed E-state index contributed by atoms with van der Waals surface area (Å²) in [5.74, 6) is 0.976. The van der Waals surface area contributed by atoms with E-state index in [1.54, 1.807) is 16.7 Å². The third kappa shape index (κ3) is 3.43. The number of nitrogens with one attached hydrogen (secondary N) is 1. The Morgan fingerprint density at radius 1 is 1.56 bits per heavy atom. The summed E-state index contributed by atoms with van der Waals surface area (Å²) in [4.78, 5) is 25.8. The van der Waals surface area contributed by atoms with Gasteiger partial charge in [0, 0.05) is 10.6 Å². The van der Waals surface area contributed by atoms with Gasteiger partial charge in [0.05, 0.1) is 11.6 Å². The minimum Gasteiger partial charge on any atom is -0.325 e. The highest BCUT2D eigenvalue weighted by molar-refractivity contribution is 8.00. The van der Waals surface area contributed by atoms with Crippen LogP contribution in [0.4, 0.5) is 5.69 Å². The number of amides is 2. The van der Waals surface area contributed by atoms with E-state index >= 15 is 0 Å². The van der Waals surface area contributed by atoms with Crippen LogP contribution in [0.5, 0.6) is 0 Å². The standard InChI is InChI=1S/C12H14N2O2S2/c1-17-10-4-2-3-9(5-10)13-11(15)6-14-8-18-7-12(14)16/h2-5H,6-8H2,1H3,(H,13,15). The molecule has 1 aliphatic rings. The second-order valence-corrected chi connectivity index (χ2v) is 5.68. The van der Waals surface area contributed by atoms with Gasteiger partial charge in [0.2, 0.25) is 11.8 Å². The fourth-order valence-corrected chi connectivity index (χ4v) is 2.98. The molecule has 0 spiro atoms. The molecule has 0 bridgehead atoms. The molecule has 0 saturated carbocycles. The summed E-state index contributed by atoms with van der Waals surface area (Å²) < 4.78 is 0. The van der Waals surface area contributed by atoms with Gasteiger partial charge in [-0.1, -0.05) is 6.07 Å². The molecule has 96 valence electrons. The highest BCUT2D eigenvalue weighted by Gasteiger charge is 2.22. The lowest BCUT2D eigenvalue weighted by atomic mass is 10.3. The number of anilines is 1. The Labute approximate surface area is 114 Å². The molecule has 6 heteroatoms. The van der Waals surface area contributed by atoms with Gasteiger partial charge in [-0.2, -0.15) is 0 Å². The first-order valence-corrected chi connectivity index (χ1v) is 7.86. The lowest BCUT2D eigenvalue weighted by Crippen LogP contribution is -2.34. The molecule has 1 saturated heterocycles. The molecule has 4 nitrogen and oxygen atoms in total. The van der Waals surface area contributed by atoms with Crippen molar-refractivity contribution >= 4 is 41.0 Å². The Morgan fingerprint density at radius 2 is 2.39 bits per heavy atom. The van der Waals surface area contributed by atoms with E-state index in [2.05, 4.69) is 5.32 Å². The molecule has 1 heterocycles. The molecule has 1 N–H and O–H groups in total. The van der Waals surface area contributed by atoms with Crippen molar-refractivity contribution in [3.05, 3.63) is 24.3 Å². The fourth-order valence-electron chi connectivity index (χ4n) is 1.61. The fraction of sp³-hybridized carbons (Fsp3) is 0.333. The van der Waals surface area contributed by atoms with E-state index in [4.69, 9.17) is 0 Å². The van der Waals surface area contributed by atoms with Crippen molar-refractivity contribution in [1.29, 1.82) is 0 Å². The second kappa shape index (κ2) is 6.15. The maximum absolute atomic E-state index is 11.8. The number of benzene rings is 1. The molecule has 2 rings (SSSR count). The average Bonchev–Trinajstić information content (AvgIpc) is 2.75. The predicted molar refractivity (Wildman–Crippen MR) is 75.9 cm³/mol. The lowest BCUT2D eigenvalue weighted by molar-refractivity contribution is -0.130. The van der Waals surface area contributed by atoms with Crippen LogP contribution >= 0.6 is 23.5 Å². The number of thioether (sulfide) groups is 2. The van der Waals surface area contributed by atoms with Gasteiger partial charge >= 0.3 is 0 Å². The summed E-state index contributed by atoms with van der Waals surface area (Å²) in [7, 11) is 0. The minimum atomic E-state index is -0.149. The van der Waals surface area contributed by atoms with Gasteiger partial charge in [-0.25, -0.2) is 0 Å². The van der Waals surface area contributed by atoms with Crippen molar-refractivity contribution in [2.75, 3.05) is 29.7 Å². The van der Waals surface area contributed by atoms with Crippen LogP contribution in [-0.4, -0.2) is 41.1 Å². The van der Waals surface area contributed by atoms with Crippen LogP contribution in [-0.2, 0) is 9.59 Å². The zero-order valence-electron chi connectivity index (χ0n) is 10.0. The van der Waals surface area contributed by atoms with Crippen LogP contribution in [0.1, 0.15) is 0 Å². The molecular weight excluding hydrogens is 268 g/mol. The van der Waals surface area contributed by atoms with Gasteiger partial charge in [-0.15, -0.1) is 23.5 Å². The molecule has 1 fully saturated rings. The van der Waals surface area contributed by atoms with E-state index in [9.17, 15) is 9.59 Å². The summed E-state index contributed by atoms with van der Waals surface area (Å²) in [6, 6.07) is 7.65. The largest absolute Gasteiger partial charge is 0.325 e. The third-order valence-corrected chi connectivity index (χ3v) is 4.18. The summed E-state index contributed by atoms with van der Waals surface area (Å²) in [6.45, 7) is 0.134. The van der Waals surface area contributed by atoms with E-state index in [0.29, 0.717) is 11.6 Å². The number of carbonyl (C=O) groups excluding carboxylic acids is 2.